The SMILES string of the molecule is COC(=O)c1ncc(F)cc1-c1ccc(Cl)cc1Cl. The Balaban J connectivity index is 2.66. The molecule has 0 amide bonds. The van der Waals surface area contributed by atoms with Crippen molar-refractivity contribution in [3.05, 3.63) is 52.0 Å². The number of carbonyl (C=O) groups is 1. The molecule has 0 aliphatic carbocycles. The lowest BCUT2D eigenvalue weighted by Crippen LogP contribution is -2.07. The predicted octanol–water partition coefficient (Wildman–Crippen LogP) is 3.98. The van der Waals surface area contributed by atoms with E-state index < -0.39 is 11.8 Å². The van der Waals surface area contributed by atoms with E-state index in [1.807, 2.05) is 0 Å². The van der Waals surface area contributed by atoms with Gasteiger partial charge in [-0.3, -0.25) is 0 Å². The third-order valence-electron chi connectivity index (χ3n) is 2.45. The highest BCUT2D eigenvalue weighted by atomic mass is 35.5. The van der Waals surface area contributed by atoms with Crippen LogP contribution in [0.2, 0.25) is 10.0 Å². The average molecular weight is 300 g/mol. The van der Waals surface area contributed by atoms with Crippen LogP contribution < -0.4 is 0 Å². The van der Waals surface area contributed by atoms with Crippen LogP contribution in [-0.4, -0.2) is 18.1 Å². The predicted molar refractivity (Wildman–Crippen MR) is 71.0 cm³/mol. The monoisotopic (exact) mass is 299 g/mol. The fourth-order valence-corrected chi connectivity index (χ4v) is 2.12. The van der Waals surface area contributed by atoms with Gasteiger partial charge in [-0.05, 0) is 18.2 Å². The van der Waals surface area contributed by atoms with E-state index in [9.17, 15) is 9.18 Å². The molecule has 1 aromatic carbocycles. The molecular weight excluding hydrogens is 292 g/mol. The van der Waals surface area contributed by atoms with Crippen molar-refractivity contribution in [1.82, 2.24) is 4.98 Å². The number of rotatable bonds is 2. The first-order valence-corrected chi connectivity index (χ1v) is 5.98. The van der Waals surface area contributed by atoms with E-state index in [1.165, 1.54) is 19.2 Å². The molecule has 0 fully saturated rings. The summed E-state index contributed by atoms with van der Waals surface area (Å²) in [5, 5.41) is 0.739. The standard InChI is InChI=1S/C13H8Cl2FNO2/c1-19-13(18)12-10(5-8(16)6-17-12)9-3-2-7(14)4-11(9)15/h2-6H,1H3. The number of hydrogen-bond donors (Lipinski definition) is 0. The van der Waals surface area contributed by atoms with E-state index >= 15 is 0 Å². The minimum absolute atomic E-state index is 0.00637. The van der Waals surface area contributed by atoms with E-state index in [0.29, 0.717) is 15.6 Å². The van der Waals surface area contributed by atoms with Crippen molar-refractivity contribution < 1.29 is 13.9 Å². The summed E-state index contributed by atoms with van der Waals surface area (Å²) in [5.41, 5.74) is 0.708. The number of ether oxygens (including phenoxy) is 1. The molecule has 0 unspecified atom stereocenters. The number of esters is 1. The van der Waals surface area contributed by atoms with Crippen molar-refractivity contribution in [2.45, 2.75) is 0 Å². The summed E-state index contributed by atoms with van der Waals surface area (Å²) in [6.07, 6.45) is 0.944. The number of hydrogen-bond acceptors (Lipinski definition) is 3. The molecule has 3 nitrogen and oxygen atoms in total. The maximum Gasteiger partial charge on any atom is 0.357 e. The topological polar surface area (TPSA) is 39.2 Å². The van der Waals surface area contributed by atoms with Gasteiger partial charge in [0.2, 0.25) is 0 Å². The van der Waals surface area contributed by atoms with Crippen molar-refractivity contribution in [2.75, 3.05) is 7.11 Å². The molecule has 0 aliphatic rings. The third kappa shape index (κ3) is 2.85. The lowest BCUT2D eigenvalue weighted by atomic mass is 10.0. The summed E-state index contributed by atoms with van der Waals surface area (Å²) in [5.74, 6) is -1.24. The van der Waals surface area contributed by atoms with Crippen LogP contribution in [0.3, 0.4) is 0 Å². The van der Waals surface area contributed by atoms with Crippen LogP contribution in [0, 0.1) is 5.82 Å². The van der Waals surface area contributed by atoms with Crippen LogP contribution in [0.15, 0.2) is 30.5 Å². The lowest BCUT2D eigenvalue weighted by Gasteiger charge is -2.09. The molecule has 0 spiro atoms. The van der Waals surface area contributed by atoms with E-state index in [0.717, 1.165) is 6.20 Å². The Morgan fingerprint density at radius 3 is 2.63 bits per heavy atom. The molecule has 0 bridgehead atoms. The number of carbonyl (C=O) groups excluding carboxylic acids is 1. The fourth-order valence-electron chi connectivity index (χ4n) is 1.61. The molecule has 0 atom stereocenters. The van der Waals surface area contributed by atoms with Gasteiger partial charge in [0, 0.05) is 21.2 Å². The number of aromatic nitrogens is 1. The van der Waals surface area contributed by atoms with Gasteiger partial charge in [-0.15, -0.1) is 0 Å². The zero-order chi connectivity index (χ0) is 14.0. The molecule has 0 aliphatic heterocycles. The zero-order valence-corrected chi connectivity index (χ0v) is 11.3. The molecular formula is C13H8Cl2FNO2. The van der Waals surface area contributed by atoms with Crippen molar-refractivity contribution >= 4 is 29.2 Å². The van der Waals surface area contributed by atoms with Gasteiger partial charge in [0.05, 0.1) is 13.3 Å². The summed E-state index contributed by atoms with van der Waals surface area (Å²) in [6.45, 7) is 0. The number of methoxy groups -OCH3 is 1. The molecule has 0 radical (unpaired) electrons. The van der Waals surface area contributed by atoms with E-state index in [1.54, 1.807) is 12.1 Å². The van der Waals surface area contributed by atoms with Crippen molar-refractivity contribution in [1.29, 1.82) is 0 Å². The van der Waals surface area contributed by atoms with Gasteiger partial charge in [0.15, 0.2) is 5.69 Å². The first kappa shape index (κ1) is 13.8. The second-order valence-corrected chi connectivity index (χ2v) is 4.51. The van der Waals surface area contributed by atoms with Crippen molar-refractivity contribution in [3.63, 3.8) is 0 Å². The second-order valence-electron chi connectivity index (χ2n) is 3.67. The molecule has 2 rings (SSSR count). The first-order valence-electron chi connectivity index (χ1n) is 5.22. The Labute approximate surface area is 118 Å². The molecule has 1 heterocycles. The van der Waals surface area contributed by atoms with Crippen LogP contribution in [0.4, 0.5) is 4.39 Å². The summed E-state index contributed by atoms with van der Waals surface area (Å²) >= 11 is 11.8. The van der Waals surface area contributed by atoms with Crippen LogP contribution in [-0.2, 0) is 4.74 Å². The van der Waals surface area contributed by atoms with Crippen LogP contribution >= 0.6 is 23.2 Å². The fraction of sp³-hybridized carbons (Fsp3) is 0.0769. The van der Waals surface area contributed by atoms with E-state index in [-0.39, 0.29) is 11.3 Å². The lowest BCUT2D eigenvalue weighted by molar-refractivity contribution is 0.0595. The maximum absolute atomic E-state index is 13.3. The highest BCUT2D eigenvalue weighted by molar-refractivity contribution is 6.36. The van der Waals surface area contributed by atoms with Gasteiger partial charge in [-0.2, -0.15) is 0 Å². The molecule has 1 aromatic heterocycles. The maximum atomic E-state index is 13.3. The average Bonchev–Trinajstić information content (AvgIpc) is 2.38. The highest BCUT2D eigenvalue weighted by Gasteiger charge is 2.18. The molecule has 98 valence electrons. The van der Waals surface area contributed by atoms with Crippen molar-refractivity contribution in [3.8, 4) is 11.1 Å². The van der Waals surface area contributed by atoms with Gasteiger partial charge in [-0.25, -0.2) is 14.2 Å². The van der Waals surface area contributed by atoms with E-state index in [4.69, 9.17) is 23.2 Å². The third-order valence-corrected chi connectivity index (χ3v) is 3.00. The Morgan fingerprint density at radius 1 is 1.26 bits per heavy atom. The molecule has 6 heteroatoms. The molecule has 2 aromatic rings. The Bertz CT molecular complexity index is 647. The Hall–Kier alpha value is -1.65. The molecule has 19 heavy (non-hydrogen) atoms. The van der Waals surface area contributed by atoms with Gasteiger partial charge in [0.25, 0.3) is 0 Å². The van der Waals surface area contributed by atoms with E-state index in [2.05, 4.69) is 9.72 Å². The summed E-state index contributed by atoms with van der Waals surface area (Å²) in [6, 6.07) is 5.86. The van der Waals surface area contributed by atoms with Crippen LogP contribution in [0.1, 0.15) is 10.5 Å². The Morgan fingerprint density at radius 2 is 2.00 bits per heavy atom. The largest absolute Gasteiger partial charge is 0.464 e. The van der Waals surface area contributed by atoms with Gasteiger partial charge >= 0.3 is 5.97 Å². The first-order chi connectivity index (χ1) is 9.02. The van der Waals surface area contributed by atoms with Crippen LogP contribution in [0.25, 0.3) is 11.1 Å². The second kappa shape index (κ2) is 5.55. The summed E-state index contributed by atoms with van der Waals surface area (Å²) in [7, 11) is 1.22. The molecule has 0 saturated carbocycles. The van der Waals surface area contributed by atoms with Gasteiger partial charge < -0.3 is 4.74 Å². The number of halogens is 3. The minimum Gasteiger partial charge on any atom is -0.464 e. The van der Waals surface area contributed by atoms with Gasteiger partial charge in [-0.1, -0.05) is 29.3 Å². The smallest absolute Gasteiger partial charge is 0.357 e. The van der Waals surface area contributed by atoms with Gasteiger partial charge in [0.1, 0.15) is 5.82 Å². The van der Waals surface area contributed by atoms with Crippen LogP contribution in [0.5, 0.6) is 0 Å². The number of benzene rings is 1. The minimum atomic E-state index is -0.666. The molecule has 0 saturated heterocycles. The zero-order valence-electron chi connectivity index (χ0n) is 9.78. The van der Waals surface area contributed by atoms with Crippen molar-refractivity contribution in [2.24, 2.45) is 0 Å². The molecule has 0 N–H and O–H groups in total. The summed E-state index contributed by atoms with van der Waals surface area (Å²) < 4.78 is 17.9. The Kier molecular flexibility index (Phi) is 4.02. The number of pyridine rings is 1. The normalized spacial score (nSPS) is 10.3. The highest BCUT2D eigenvalue weighted by Crippen LogP contribution is 2.32. The number of nitrogens with zero attached hydrogens (tertiary/aromatic N) is 1. The summed E-state index contributed by atoms with van der Waals surface area (Å²) in [4.78, 5) is 15.4. The quantitative estimate of drug-likeness (QED) is 0.787.